The Labute approximate surface area is 112 Å². The fraction of sp³-hybridized carbons (Fsp3) is 0.933. The lowest BCUT2D eigenvalue weighted by Gasteiger charge is -2.28. The molecule has 0 bridgehead atoms. The summed E-state index contributed by atoms with van der Waals surface area (Å²) in [6.45, 7) is 9.51. The van der Waals surface area contributed by atoms with Gasteiger partial charge in [0.2, 0.25) is 5.91 Å². The van der Waals surface area contributed by atoms with Crippen LogP contribution in [0.25, 0.3) is 0 Å². The zero-order valence-corrected chi connectivity index (χ0v) is 12.5. The van der Waals surface area contributed by atoms with Crippen molar-refractivity contribution in [2.45, 2.75) is 65.8 Å². The van der Waals surface area contributed by atoms with Crippen LogP contribution in [0.3, 0.4) is 0 Å². The largest absolute Gasteiger partial charge is 0.356 e. The Morgan fingerprint density at radius 2 is 2.06 bits per heavy atom. The molecular formula is C15H30N2O. The molecule has 1 fully saturated rings. The van der Waals surface area contributed by atoms with E-state index in [1.54, 1.807) is 0 Å². The number of hydrogen-bond donors (Lipinski definition) is 2. The molecule has 0 spiro atoms. The molecule has 0 heterocycles. The number of carbonyl (C=O) groups is 1. The maximum absolute atomic E-state index is 11.9. The third-order valence-corrected chi connectivity index (χ3v) is 4.38. The van der Waals surface area contributed by atoms with E-state index in [1.165, 1.54) is 12.8 Å². The van der Waals surface area contributed by atoms with Crippen molar-refractivity contribution >= 4 is 5.91 Å². The summed E-state index contributed by atoms with van der Waals surface area (Å²) in [5.41, 5.74) is 6.16. The zero-order chi connectivity index (χ0) is 13.8. The Bertz CT molecular complexity index is 270. The van der Waals surface area contributed by atoms with Gasteiger partial charge in [-0.25, -0.2) is 0 Å². The third-order valence-electron chi connectivity index (χ3n) is 4.38. The second kappa shape index (κ2) is 6.55. The minimum absolute atomic E-state index is 0.191. The molecule has 18 heavy (non-hydrogen) atoms. The molecule has 0 saturated heterocycles. The lowest BCUT2D eigenvalue weighted by Crippen LogP contribution is -2.36. The van der Waals surface area contributed by atoms with E-state index in [9.17, 15) is 4.79 Å². The van der Waals surface area contributed by atoms with Gasteiger partial charge in [0.15, 0.2) is 0 Å². The average Bonchev–Trinajstić information content (AvgIpc) is 2.25. The Kier molecular flexibility index (Phi) is 5.64. The third kappa shape index (κ3) is 5.38. The van der Waals surface area contributed by atoms with Crippen LogP contribution in [-0.4, -0.2) is 18.5 Å². The van der Waals surface area contributed by atoms with Crippen LogP contribution in [0.2, 0.25) is 0 Å². The minimum atomic E-state index is 0.191. The summed E-state index contributed by atoms with van der Waals surface area (Å²) in [5.74, 6) is 1.19. The quantitative estimate of drug-likeness (QED) is 0.810. The normalized spacial score (nSPS) is 26.7. The molecule has 0 aromatic carbocycles. The molecule has 1 amide bonds. The van der Waals surface area contributed by atoms with Gasteiger partial charge in [0.25, 0.3) is 0 Å². The molecule has 0 radical (unpaired) electrons. The Morgan fingerprint density at radius 1 is 1.39 bits per heavy atom. The number of rotatable bonds is 4. The van der Waals surface area contributed by atoms with Crippen molar-refractivity contribution in [2.24, 2.45) is 23.0 Å². The molecule has 1 aliphatic rings. The first-order chi connectivity index (χ1) is 8.29. The van der Waals surface area contributed by atoms with Crippen LogP contribution in [0.4, 0.5) is 0 Å². The summed E-state index contributed by atoms with van der Waals surface area (Å²) < 4.78 is 0. The SMILES string of the molecule is CC(CC(=O)NCC1CCCC(N)C1)C(C)(C)C. The summed E-state index contributed by atoms with van der Waals surface area (Å²) in [4.78, 5) is 11.9. The molecule has 3 unspecified atom stereocenters. The first kappa shape index (κ1) is 15.5. The van der Waals surface area contributed by atoms with Crippen LogP contribution in [0, 0.1) is 17.3 Å². The Morgan fingerprint density at radius 3 is 2.61 bits per heavy atom. The number of carbonyl (C=O) groups excluding carboxylic acids is 1. The van der Waals surface area contributed by atoms with Crippen LogP contribution in [-0.2, 0) is 4.79 Å². The maximum atomic E-state index is 11.9. The van der Waals surface area contributed by atoms with Crippen LogP contribution < -0.4 is 11.1 Å². The number of nitrogens with two attached hydrogens (primary N) is 1. The molecule has 3 atom stereocenters. The van der Waals surface area contributed by atoms with Crippen molar-refractivity contribution in [3.05, 3.63) is 0 Å². The number of amides is 1. The van der Waals surface area contributed by atoms with Crippen LogP contribution in [0.1, 0.15) is 59.8 Å². The van der Waals surface area contributed by atoms with Crippen LogP contribution >= 0.6 is 0 Å². The van der Waals surface area contributed by atoms with E-state index in [-0.39, 0.29) is 11.3 Å². The lowest BCUT2D eigenvalue weighted by atomic mass is 9.80. The monoisotopic (exact) mass is 254 g/mol. The Balaban J connectivity index is 2.24. The fourth-order valence-corrected chi connectivity index (χ4v) is 2.43. The average molecular weight is 254 g/mol. The lowest BCUT2D eigenvalue weighted by molar-refractivity contribution is -0.122. The molecule has 0 aromatic heterocycles. The molecule has 3 heteroatoms. The first-order valence-corrected chi connectivity index (χ1v) is 7.31. The van der Waals surface area contributed by atoms with Gasteiger partial charge in [-0.15, -0.1) is 0 Å². The van der Waals surface area contributed by atoms with E-state index >= 15 is 0 Å². The molecule has 0 aromatic rings. The maximum Gasteiger partial charge on any atom is 0.220 e. The molecule has 0 aliphatic heterocycles. The van der Waals surface area contributed by atoms with Crippen molar-refractivity contribution in [3.8, 4) is 0 Å². The van der Waals surface area contributed by atoms with Crippen molar-refractivity contribution in [1.82, 2.24) is 5.32 Å². The highest BCUT2D eigenvalue weighted by Gasteiger charge is 2.23. The van der Waals surface area contributed by atoms with Gasteiger partial charge in [-0.2, -0.15) is 0 Å². The molecule has 1 saturated carbocycles. The van der Waals surface area contributed by atoms with Gasteiger partial charge in [0.1, 0.15) is 0 Å². The summed E-state index contributed by atoms with van der Waals surface area (Å²) in [7, 11) is 0. The van der Waals surface area contributed by atoms with Crippen molar-refractivity contribution < 1.29 is 4.79 Å². The van der Waals surface area contributed by atoms with E-state index < -0.39 is 0 Å². The van der Waals surface area contributed by atoms with Gasteiger partial charge in [-0.05, 0) is 36.5 Å². The topological polar surface area (TPSA) is 55.1 Å². The van der Waals surface area contributed by atoms with Gasteiger partial charge in [0, 0.05) is 19.0 Å². The second-order valence-corrected chi connectivity index (χ2v) is 7.07. The van der Waals surface area contributed by atoms with Crippen molar-refractivity contribution in [1.29, 1.82) is 0 Å². The molecule has 106 valence electrons. The summed E-state index contributed by atoms with van der Waals surface area (Å²) in [6.07, 6.45) is 5.26. The number of nitrogens with one attached hydrogen (secondary N) is 1. The van der Waals surface area contributed by atoms with Gasteiger partial charge < -0.3 is 11.1 Å². The van der Waals surface area contributed by atoms with E-state index in [4.69, 9.17) is 5.73 Å². The zero-order valence-electron chi connectivity index (χ0n) is 12.5. The second-order valence-electron chi connectivity index (χ2n) is 7.07. The highest BCUT2D eigenvalue weighted by Crippen LogP contribution is 2.28. The summed E-state index contributed by atoms with van der Waals surface area (Å²) in [6, 6.07) is 0.342. The fourth-order valence-electron chi connectivity index (χ4n) is 2.43. The van der Waals surface area contributed by atoms with E-state index in [0.29, 0.717) is 24.3 Å². The predicted molar refractivity (Wildman–Crippen MR) is 76.2 cm³/mol. The van der Waals surface area contributed by atoms with Crippen LogP contribution in [0.5, 0.6) is 0 Å². The van der Waals surface area contributed by atoms with Crippen LogP contribution in [0.15, 0.2) is 0 Å². The smallest absolute Gasteiger partial charge is 0.220 e. The molecular weight excluding hydrogens is 224 g/mol. The van der Waals surface area contributed by atoms with E-state index in [1.807, 2.05) is 0 Å². The first-order valence-electron chi connectivity index (χ1n) is 7.31. The number of hydrogen-bond acceptors (Lipinski definition) is 2. The molecule has 3 nitrogen and oxygen atoms in total. The summed E-state index contributed by atoms with van der Waals surface area (Å²) in [5, 5.41) is 3.08. The van der Waals surface area contributed by atoms with Gasteiger partial charge in [0.05, 0.1) is 0 Å². The Hall–Kier alpha value is -0.570. The molecule has 3 N–H and O–H groups in total. The predicted octanol–water partition coefficient (Wildman–Crippen LogP) is 2.69. The van der Waals surface area contributed by atoms with Gasteiger partial charge in [-0.3, -0.25) is 4.79 Å². The highest BCUT2D eigenvalue weighted by molar-refractivity contribution is 5.76. The van der Waals surface area contributed by atoms with Gasteiger partial charge in [-0.1, -0.05) is 34.1 Å². The van der Waals surface area contributed by atoms with E-state index in [0.717, 1.165) is 19.4 Å². The highest BCUT2D eigenvalue weighted by atomic mass is 16.1. The van der Waals surface area contributed by atoms with Crippen molar-refractivity contribution in [3.63, 3.8) is 0 Å². The summed E-state index contributed by atoms with van der Waals surface area (Å²) >= 11 is 0. The van der Waals surface area contributed by atoms with Gasteiger partial charge >= 0.3 is 0 Å². The molecule has 1 rings (SSSR count). The van der Waals surface area contributed by atoms with E-state index in [2.05, 4.69) is 33.0 Å². The molecule has 1 aliphatic carbocycles. The minimum Gasteiger partial charge on any atom is -0.356 e. The standard InChI is InChI=1S/C15H30N2O/c1-11(15(2,3)4)8-14(18)17-10-12-6-5-7-13(16)9-12/h11-13H,5-10,16H2,1-4H3,(H,17,18). The van der Waals surface area contributed by atoms with Crippen molar-refractivity contribution in [2.75, 3.05) is 6.54 Å².